The average Bonchev–Trinajstić information content (AvgIpc) is 3.18. The summed E-state index contributed by atoms with van der Waals surface area (Å²) in [5.41, 5.74) is 6.19. The van der Waals surface area contributed by atoms with Gasteiger partial charge in [0, 0.05) is 18.5 Å². The van der Waals surface area contributed by atoms with Gasteiger partial charge in [-0.1, -0.05) is 162 Å². The molecule has 4 N–H and O–H groups in total. The van der Waals surface area contributed by atoms with Crippen LogP contribution < -0.4 is 10.9 Å². The van der Waals surface area contributed by atoms with Crippen LogP contribution in [0, 0.1) is 0 Å². The third-order valence-electron chi connectivity index (χ3n) is 11.3. The second-order valence-corrected chi connectivity index (χ2v) is 18.6. The first-order chi connectivity index (χ1) is 28.1. The molecule has 0 aromatic rings. The first kappa shape index (κ1) is 56.4. The van der Waals surface area contributed by atoms with Crippen LogP contribution in [0.2, 0.25) is 0 Å². The Morgan fingerprint density at radius 2 is 0.862 bits per heavy atom. The zero-order valence-electron chi connectivity index (χ0n) is 38.4. The summed E-state index contributed by atoms with van der Waals surface area (Å²) < 4.78 is 34.1. The van der Waals surface area contributed by atoms with E-state index in [1.54, 1.807) is 0 Å². The number of allylic oxidation sites excluding steroid dienone is 1. The highest BCUT2D eigenvalue weighted by atomic mass is 32.2. The smallest absolute Gasteiger partial charge is 0.306 e. The Bertz CT molecular complexity index is 1050. The van der Waals surface area contributed by atoms with E-state index >= 15 is 0 Å². The monoisotopic (exact) mass is 842 g/mol. The first-order valence-electron chi connectivity index (χ1n) is 24.7. The van der Waals surface area contributed by atoms with E-state index in [-0.39, 0.29) is 18.0 Å². The number of unbranched alkanes of at least 4 members (excludes halogenated alkanes) is 25. The van der Waals surface area contributed by atoms with Crippen LogP contribution in [-0.4, -0.2) is 57.6 Å². The van der Waals surface area contributed by atoms with Crippen LogP contribution in [0.15, 0.2) is 11.1 Å². The molecule has 0 aliphatic carbocycles. The Hall–Kier alpha value is -1.65. The van der Waals surface area contributed by atoms with Gasteiger partial charge in [0.25, 0.3) is 0 Å². The summed E-state index contributed by atoms with van der Waals surface area (Å²) in [5.74, 6) is -0.0608. The van der Waals surface area contributed by atoms with Crippen LogP contribution in [0.3, 0.4) is 0 Å². The molecule has 0 aromatic carbocycles. The van der Waals surface area contributed by atoms with Gasteiger partial charge in [0.05, 0.1) is 12.0 Å². The molecule has 0 radical (unpaired) electrons. The average molecular weight is 842 g/mol. The molecule has 0 spiro atoms. The van der Waals surface area contributed by atoms with Crippen molar-refractivity contribution in [2.24, 2.45) is 10.9 Å². The van der Waals surface area contributed by atoms with Crippen LogP contribution in [0.25, 0.3) is 0 Å². The molecule has 0 aromatic heterocycles. The molecule has 0 unspecified atom stereocenters. The molecular weight excluding hydrogens is 747 g/mol. The van der Waals surface area contributed by atoms with Crippen LogP contribution in [-0.2, 0) is 29.1 Å². The van der Waals surface area contributed by atoms with Crippen molar-refractivity contribution >= 4 is 22.0 Å². The van der Waals surface area contributed by atoms with Gasteiger partial charge in [0.15, 0.2) is 0 Å². The summed E-state index contributed by atoms with van der Waals surface area (Å²) in [6, 6.07) is 0. The maximum Gasteiger partial charge on any atom is 0.306 e. The van der Waals surface area contributed by atoms with E-state index in [4.69, 9.17) is 20.3 Å². The normalized spacial score (nSPS) is 12.2. The maximum absolute atomic E-state index is 12.8. The van der Waals surface area contributed by atoms with E-state index in [1.807, 2.05) is 0 Å². The van der Waals surface area contributed by atoms with E-state index in [0.717, 1.165) is 141 Å². The van der Waals surface area contributed by atoms with Gasteiger partial charge < -0.3 is 20.1 Å². The van der Waals surface area contributed by atoms with Crippen molar-refractivity contribution in [2.45, 2.75) is 258 Å². The predicted octanol–water partition coefficient (Wildman–Crippen LogP) is 12.9. The van der Waals surface area contributed by atoms with Crippen molar-refractivity contribution in [1.29, 1.82) is 0 Å². The molecule has 0 atom stereocenters. The molecule has 0 aliphatic rings. The molecule has 0 fully saturated rings. The number of sulfonamides is 1. The van der Waals surface area contributed by atoms with Gasteiger partial charge >= 0.3 is 11.9 Å². The molecule has 0 saturated heterocycles. The summed E-state index contributed by atoms with van der Waals surface area (Å²) >= 11 is 0. The molecule has 0 rings (SSSR count). The van der Waals surface area contributed by atoms with E-state index in [9.17, 15) is 18.0 Å². The van der Waals surface area contributed by atoms with Crippen molar-refractivity contribution < 1.29 is 27.5 Å². The number of ether oxygens (including phenoxy) is 2. The Morgan fingerprint density at radius 1 is 0.500 bits per heavy atom. The lowest BCUT2D eigenvalue weighted by atomic mass is 10.0. The van der Waals surface area contributed by atoms with E-state index < -0.39 is 10.0 Å². The molecule has 9 nitrogen and oxygen atoms in total. The van der Waals surface area contributed by atoms with Crippen molar-refractivity contribution in [3.63, 3.8) is 0 Å². The molecule has 10 heteroatoms. The van der Waals surface area contributed by atoms with Crippen molar-refractivity contribution in [3.8, 4) is 0 Å². The standard InChI is InChI=1S/C48H95N3O6S/c1-4-7-10-13-16-25-34-43-56-47(52)38-28-21-17-23-31-40-51(42-33-30-35-45(49)44-58(50,54)55)41-32-24-18-22-29-39-48(53)57-46(36-26-19-14-11-8-5-2)37-27-20-15-12-9-6-3/h44,46H,4-43,49H2,1-3H3,(H2,50,54,55)/b45-44-. The Balaban J connectivity index is 4.48. The SMILES string of the molecule is CCCCCCCCCOC(=O)CCCCCCCN(CCCCCCCC(=O)OC(CCCCCCCC)CCCCCCCC)CCCC/C(N)=C/S(N)(=O)=O. The molecule has 0 aliphatic heterocycles. The summed E-state index contributed by atoms with van der Waals surface area (Å²) in [6.45, 7) is 10.3. The topological polar surface area (TPSA) is 142 Å². The van der Waals surface area contributed by atoms with Crippen LogP contribution >= 0.6 is 0 Å². The molecule has 0 saturated carbocycles. The van der Waals surface area contributed by atoms with Gasteiger partial charge in [-0.3, -0.25) is 9.59 Å². The number of carbonyl (C=O) groups excluding carboxylic acids is 2. The summed E-state index contributed by atoms with van der Waals surface area (Å²) in [7, 11) is -3.71. The van der Waals surface area contributed by atoms with E-state index in [1.165, 1.54) is 96.3 Å². The fourth-order valence-electron chi connectivity index (χ4n) is 7.67. The van der Waals surface area contributed by atoms with Crippen LogP contribution in [0.4, 0.5) is 0 Å². The van der Waals surface area contributed by atoms with Gasteiger partial charge in [0.1, 0.15) is 6.10 Å². The number of rotatable bonds is 45. The number of primary sulfonamides is 1. The van der Waals surface area contributed by atoms with Gasteiger partial charge in [-0.25, -0.2) is 13.6 Å². The van der Waals surface area contributed by atoms with Crippen molar-refractivity contribution in [2.75, 3.05) is 26.2 Å². The Labute approximate surface area is 359 Å². The summed E-state index contributed by atoms with van der Waals surface area (Å²) in [5, 5.41) is 6.07. The highest BCUT2D eigenvalue weighted by Gasteiger charge is 2.14. The largest absolute Gasteiger partial charge is 0.466 e. The lowest BCUT2D eigenvalue weighted by Crippen LogP contribution is -2.27. The fourth-order valence-corrected chi connectivity index (χ4v) is 8.21. The molecule has 0 bridgehead atoms. The number of nitrogens with two attached hydrogens (primary N) is 2. The number of hydrogen-bond donors (Lipinski definition) is 2. The Morgan fingerprint density at radius 3 is 1.33 bits per heavy atom. The van der Waals surface area contributed by atoms with Crippen LogP contribution in [0.1, 0.15) is 252 Å². The zero-order chi connectivity index (χ0) is 42.8. The van der Waals surface area contributed by atoms with Gasteiger partial charge in [-0.15, -0.1) is 0 Å². The molecule has 0 amide bonds. The third kappa shape index (κ3) is 42.5. The van der Waals surface area contributed by atoms with E-state index in [0.29, 0.717) is 31.6 Å². The maximum atomic E-state index is 12.8. The molecular formula is C48H95N3O6S. The minimum Gasteiger partial charge on any atom is -0.466 e. The molecule has 344 valence electrons. The van der Waals surface area contributed by atoms with Crippen molar-refractivity contribution in [1.82, 2.24) is 4.90 Å². The van der Waals surface area contributed by atoms with Gasteiger partial charge in [-0.2, -0.15) is 0 Å². The zero-order valence-corrected chi connectivity index (χ0v) is 39.2. The Kier molecular flexibility index (Phi) is 40.9. The molecule has 58 heavy (non-hydrogen) atoms. The van der Waals surface area contributed by atoms with Crippen molar-refractivity contribution in [3.05, 3.63) is 11.1 Å². The molecule has 0 heterocycles. The van der Waals surface area contributed by atoms with Gasteiger partial charge in [0.2, 0.25) is 10.0 Å². The van der Waals surface area contributed by atoms with E-state index in [2.05, 4.69) is 25.7 Å². The highest BCUT2D eigenvalue weighted by molar-refractivity contribution is 7.92. The lowest BCUT2D eigenvalue weighted by Gasteiger charge is -2.22. The lowest BCUT2D eigenvalue weighted by molar-refractivity contribution is -0.150. The number of carbonyl (C=O) groups is 2. The minimum absolute atomic E-state index is 0.00794. The number of nitrogens with zero attached hydrogens (tertiary/aromatic N) is 1. The van der Waals surface area contributed by atoms with Crippen LogP contribution in [0.5, 0.6) is 0 Å². The third-order valence-corrected chi connectivity index (χ3v) is 11.9. The fraction of sp³-hybridized carbons (Fsp3) is 0.917. The highest BCUT2D eigenvalue weighted by Crippen LogP contribution is 2.19. The second kappa shape index (κ2) is 42.1. The quantitative estimate of drug-likeness (QED) is 0.0456. The minimum atomic E-state index is -3.71. The summed E-state index contributed by atoms with van der Waals surface area (Å²) in [4.78, 5) is 27.5. The van der Waals surface area contributed by atoms with Gasteiger partial charge in [-0.05, 0) is 96.7 Å². The number of hydrogen-bond acceptors (Lipinski definition) is 8. The summed E-state index contributed by atoms with van der Waals surface area (Å²) in [6.07, 6.45) is 39.8. The first-order valence-corrected chi connectivity index (χ1v) is 26.3. The predicted molar refractivity (Wildman–Crippen MR) is 246 cm³/mol. The second-order valence-electron chi connectivity index (χ2n) is 17.2. The number of esters is 2.